The lowest BCUT2D eigenvalue weighted by Crippen LogP contribution is -2.23. The number of furan rings is 1. The molecule has 144 valence electrons. The summed E-state index contributed by atoms with van der Waals surface area (Å²) in [5, 5.41) is 11.5. The second kappa shape index (κ2) is 7.59. The van der Waals surface area contributed by atoms with E-state index >= 15 is 0 Å². The molecular formula is C20H14F3NO4. The van der Waals surface area contributed by atoms with Crippen LogP contribution in [0.1, 0.15) is 32.0 Å². The van der Waals surface area contributed by atoms with Gasteiger partial charge in [-0.3, -0.25) is 4.79 Å². The molecule has 1 amide bonds. The fourth-order valence-corrected chi connectivity index (χ4v) is 2.56. The number of amides is 1. The number of hydrogen-bond acceptors (Lipinski definition) is 3. The first-order valence-electron chi connectivity index (χ1n) is 8.12. The van der Waals surface area contributed by atoms with E-state index in [-0.39, 0.29) is 17.9 Å². The van der Waals surface area contributed by atoms with Gasteiger partial charge in [-0.2, -0.15) is 13.2 Å². The molecule has 2 aromatic carbocycles. The number of alkyl halides is 3. The van der Waals surface area contributed by atoms with Crippen LogP contribution in [0.25, 0.3) is 11.3 Å². The van der Waals surface area contributed by atoms with Gasteiger partial charge in [0.05, 0.1) is 5.56 Å². The van der Waals surface area contributed by atoms with Crippen molar-refractivity contribution in [3.05, 3.63) is 83.1 Å². The number of hydrogen-bond donors (Lipinski definition) is 2. The fraction of sp³-hybridized carbons (Fsp3) is 0.100. The molecule has 2 N–H and O–H groups in total. The van der Waals surface area contributed by atoms with Crippen molar-refractivity contribution in [3.63, 3.8) is 0 Å². The van der Waals surface area contributed by atoms with E-state index in [0.29, 0.717) is 16.9 Å². The lowest BCUT2D eigenvalue weighted by atomic mass is 10.1. The lowest BCUT2D eigenvalue weighted by Gasteiger charge is -2.10. The van der Waals surface area contributed by atoms with Crippen LogP contribution in [0.5, 0.6) is 0 Å². The van der Waals surface area contributed by atoms with E-state index in [1.807, 2.05) is 0 Å². The third kappa shape index (κ3) is 4.40. The molecule has 0 radical (unpaired) electrons. The zero-order valence-electron chi connectivity index (χ0n) is 14.3. The highest BCUT2D eigenvalue weighted by atomic mass is 19.4. The van der Waals surface area contributed by atoms with Gasteiger partial charge in [0.1, 0.15) is 5.76 Å². The van der Waals surface area contributed by atoms with E-state index in [1.165, 1.54) is 24.3 Å². The van der Waals surface area contributed by atoms with Gasteiger partial charge in [0.15, 0.2) is 0 Å². The smallest absolute Gasteiger partial charge is 0.416 e. The van der Waals surface area contributed by atoms with Crippen LogP contribution in [0.4, 0.5) is 13.2 Å². The van der Waals surface area contributed by atoms with Crippen LogP contribution < -0.4 is 5.32 Å². The minimum absolute atomic E-state index is 0.0788. The van der Waals surface area contributed by atoms with Crippen molar-refractivity contribution in [2.75, 3.05) is 0 Å². The van der Waals surface area contributed by atoms with E-state index in [1.54, 1.807) is 24.3 Å². The number of carboxylic acids is 1. The highest BCUT2D eigenvalue weighted by Crippen LogP contribution is 2.29. The van der Waals surface area contributed by atoms with Gasteiger partial charge in [-0.05, 0) is 42.0 Å². The fourth-order valence-electron chi connectivity index (χ4n) is 2.56. The van der Waals surface area contributed by atoms with Crippen molar-refractivity contribution in [2.45, 2.75) is 12.7 Å². The Morgan fingerprint density at radius 1 is 1.00 bits per heavy atom. The highest BCUT2D eigenvalue weighted by Gasteiger charge is 2.30. The normalized spacial score (nSPS) is 11.2. The minimum atomic E-state index is -4.53. The molecule has 3 aromatic rings. The first kappa shape index (κ1) is 19.2. The Kier molecular flexibility index (Phi) is 5.21. The Balaban J connectivity index is 1.71. The van der Waals surface area contributed by atoms with Crippen LogP contribution in [0.15, 0.2) is 65.1 Å². The van der Waals surface area contributed by atoms with Crippen molar-refractivity contribution in [3.8, 4) is 11.3 Å². The monoisotopic (exact) mass is 389 g/mol. The Bertz CT molecular complexity index is 1020. The summed E-state index contributed by atoms with van der Waals surface area (Å²) >= 11 is 0. The summed E-state index contributed by atoms with van der Waals surface area (Å²) in [6.07, 6.45) is -4.53. The molecule has 0 aliphatic rings. The number of benzene rings is 2. The number of nitrogens with one attached hydrogen (secondary N) is 1. The van der Waals surface area contributed by atoms with E-state index in [0.717, 1.165) is 12.1 Å². The van der Waals surface area contributed by atoms with Crippen molar-refractivity contribution in [1.29, 1.82) is 0 Å². The molecule has 0 unspecified atom stereocenters. The molecule has 0 spiro atoms. The molecule has 3 rings (SSSR count). The van der Waals surface area contributed by atoms with Crippen LogP contribution in [-0.2, 0) is 12.7 Å². The van der Waals surface area contributed by atoms with Gasteiger partial charge >= 0.3 is 12.1 Å². The van der Waals surface area contributed by atoms with Gasteiger partial charge in [0.25, 0.3) is 5.91 Å². The Morgan fingerprint density at radius 3 is 2.43 bits per heavy atom. The molecule has 0 bridgehead atoms. The average Bonchev–Trinajstić information content (AvgIpc) is 3.16. The van der Waals surface area contributed by atoms with Crippen LogP contribution in [-0.4, -0.2) is 17.0 Å². The van der Waals surface area contributed by atoms with Crippen LogP contribution in [0.3, 0.4) is 0 Å². The summed E-state index contributed by atoms with van der Waals surface area (Å²) in [5.41, 5.74) is 0.293. The number of halogens is 3. The van der Waals surface area contributed by atoms with Gasteiger partial charge in [-0.1, -0.05) is 24.3 Å². The van der Waals surface area contributed by atoms with E-state index in [9.17, 15) is 22.8 Å². The first-order valence-corrected chi connectivity index (χ1v) is 8.12. The zero-order valence-corrected chi connectivity index (χ0v) is 14.3. The molecule has 1 aromatic heterocycles. The topological polar surface area (TPSA) is 79.5 Å². The maximum atomic E-state index is 12.8. The molecule has 0 fully saturated rings. The van der Waals surface area contributed by atoms with Gasteiger partial charge < -0.3 is 14.8 Å². The molecule has 5 nitrogen and oxygen atoms in total. The summed E-state index contributed by atoms with van der Waals surface area (Å²) in [5.74, 6) is -1.67. The Hall–Kier alpha value is -3.55. The maximum absolute atomic E-state index is 12.8. The predicted octanol–water partition coefficient (Wildman–Crippen LogP) is 4.59. The van der Waals surface area contributed by atoms with E-state index in [2.05, 4.69) is 5.32 Å². The molecule has 8 heteroatoms. The summed E-state index contributed by atoms with van der Waals surface area (Å²) in [7, 11) is 0. The summed E-state index contributed by atoms with van der Waals surface area (Å²) < 4.78 is 43.5. The van der Waals surface area contributed by atoms with E-state index < -0.39 is 23.6 Å². The zero-order chi connectivity index (χ0) is 20.3. The Labute approximate surface area is 157 Å². The third-order valence-electron chi connectivity index (χ3n) is 3.93. The van der Waals surface area contributed by atoms with Crippen molar-refractivity contribution in [2.24, 2.45) is 0 Å². The molecule has 0 saturated heterocycles. The van der Waals surface area contributed by atoms with Gasteiger partial charge in [0.2, 0.25) is 5.76 Å². The van der Waals surface area contributed by atoms with Crippen molar-refractivity contribution >= 4 is 11.9 Å². The molecular weight excluding hydrogens is 375 g/mol. The predicted molar refractivity (Wildman–Crippen MR) is 93.7 cm³/mol. The van der Waals surface area contributed by atoms with Crippen molar-refractivity contribution < 1.29 is 32.3 Å². The first-order chi connectivity index (χ1) is 13.2. The number of rotatable bonds is 5. The van der Waals surface area contributed by atoms with Gasteiger partial charge in [-0.15, -0.1) is 0 Å². The maximum Gasteiger partial charge on any atom is 0.416 e. The van der Waals surface area contributed by atoms with Gasteiger partial charge in [-0.25, -0.2) is 4.79 Å². The van der Waals surface area contributed by atoms with Gasteiger partial charge in [0, 0.05) is 17.7 Å². The second-order valence-corrected chi connectivity index (χ2v) is 5.93. The second-order valence-electron chi connectivity index (χ2n) is 5.93. The quantitative estimate of drug-likeness (QED) is 0.669. The highest BCUT2D eigenvalue weighted by molar-refractivity contribution is 5.94. The third-order valence-corrected chi connectivity index (χ3v) is 3.93. The summed E-state index contributed by atoms with van der Waals surface area (Å²) in [6, 6.07) is 13.8. The molecule has 0 aliphatic carbocycles. The van der Waals surface area contributed by atoms with Crippen LogP contribution in [0.2, 0.25) is 0 Å². The number of carboxylic acid groups (broad SMARTS) is 1. The van der Waals surface area contributed by atoms with Crippen LogP contribution >= 0.6 is 0 Å². The lowest BCUT2D eigenvalue weighted by molar-refractivity contribution is -0.137. The van der Waals surface area contributed by atoms with E-state index in [4.69, 9.17) is 9.52 Å². The Morgan fingerprint density at radius 2 is 1.75 bits per heavy atom. The number of aromatic carboxylic acids is 1. The van der Waals surface area contributed by atoms with Crippen molar-refractivity contribution in [1.82, 2.24) is 5.32 Å². The molecule has 0 aliphatic heterocycles. The number of carbonyl (C=O) groups is 2. The number of carbonyl (C=O) groups excluding carboxylic acids is 1. The largest absolute Gasteiger partial charge is 0.475 e. The molecule has 0 atom stereocenters. The SMILES string of the molecule is O=C(NCc1cccc(-c2ccc(C(=O)O)o2)c1)c1cccc(C(F)(F)F)c1. The standard InChI is InChI=1S/C20H14F3NO4/c21-20(22,23)15-6-2-5-14(10-15)18(25)24-11-12-3-1-4-13(9-12)16-7-8-17(28-16)19(26)27/h1-10H,11H2,(H,24,25)(H,26,27). The average molecular weight is 389 g/mol. The van der Waals surface area contributed by atoms with Crippen LogP contribution in [0, 0.1) is 0 Å². The summed E-state index contributed by atoms with van der Waals surface area (Å²) in [4.78, 5) is 23.1. The molecule has 0 saturated carbocycles. The summed E-state index contributed by atoms with van der Waals surface area (Å²) in [6.45, 7) is 0.0788. The molecule has 28 heavy (non-hydrogen) atoms. The minimum Gasteiger partial charge on any atom is -0.475 e. The molecule has 1 heterocycles.